The van der Waals surface area contributed by atoms with Crippen molar-refractivity contribution in [1.82, 2.24) is 0 Å². The van der Waals surface area contributed by atoms with Crippen LogP contribution >= 0.6 is 0 Å². The van der Waals surface area contributed by atoms with Crippen molar-refractivity contribution < 1.29 is 19.1 Å². The van der Waals surface area contributed by atoms with Crippen LogP contribution in [-0.2, 0) is 9.59 Å². The van der Waals surface area contributed by atoms with Crippen LogP contribution in [0.15, 0.2) is 42.5 Å². The smallest absolute Gasteiger partial charge is 0.229 e. The van der Waals surface area contributed by atoms with Gasteiger partial charge in [0, 0.05) is 24.7 Å². The average molecular weight is 365 g/mol. The summed E-state index contributed by atoms with van der Waals surface area (Å²) in [6, 6.07) is 13.9. The first kappa shape index (κ1) is 18.3. The van der Waals surface area contributed by atoms with E-state index >= 15 is 0 Å². The van der Waals surface area contributed by atoms with Crippen LogP contribution in [-0.4, -0.2) is 32.6 Å². The van der Waals surface area contributed by atoms with Gasteiger partial charge >= 0.3 is 0 Å². The highest BCUT2D eigenvalue weighted by molar-refractivity contribution is 6.04. The summed E-state index contributed by atoms with van der Waals surface area (Å²) in [4.78, 5) is 26.6. The van der Waals surface area contributed by atoms with Crippen LogP contribution in [0.2, 0.25) is 0 Å². The van der Waals surface area contributed by atoms with Gasteiger partial charge in [-0.1, -0.05) is 6.07 Å². The number of amides is 2. The molecule has 1 aliphatic rings. The van der Waals surface area contributed by atoms with Crippen LogP contribution < -0.4 is 19.7 Å². The number of carbonyl (C=O) groups excluding carboxylic acids is 2. The quantitative estimate of drug-likeness (QED) is 0.879. The molecule has 0 unspecified atom stereocenters. The molecule has 1 saturated heterocycles. The summed E-state index contributed by atoms with van der Waals surface area (Å²) in [5.41, 5.74) is 1.59. The lowest BCUT2D eigenvalue weighted by molar-refractivity contribution is -0.122. The first-order valence-electron chi connectivity index (χ1n) is 8.39. The highest BCUT2D eigenvalue weighted by atomic mass is 16.5. The third kappa shape index (κ3) is 3.85. The summed E-state index contributed by atoms with van der Waals surface area (Å²) in [6.07, 6.45) is 0.110. The Kier molecular flexibility index (Phi) is 5.27. The fourth-order valence-electron chi connectivity index (χ4n) is 3.03. The van der Waals surface area contributed by atoms with E-state index in [0.29, 0.717) is 28.4 Å². The topological polar surface area (TPSA) is 91.7 Å². The van der Waals surface area contributed by atoms with Crippen molar-refractivity contribution in [2.24, 2.45) is 5.92 Å². The standard InChI is InChI=1S/C20H19N3O4/c1-26-16-6-7-17(18(10-16)27-2)23-12-14(9-19(23)24)20(25)22-15-5-3-4-13(8-15)11-21/h3-8,10,14H,9,12H2,1-2H3,(H,22,25)/t14-/m1/s1. The molecule has 0 aromatic heterocycles. The van der Waals surface area contributed by atoms with Gasteiger partial charge in [-0.15, -0.1) is 0 Å². The number of rotatable bonds is 5. The summed E-state index contributed by atoms with van der Waals surface area (Å²) in [6.45, 7) is 0.255. The zero-order valence-electron chi connectivity index (χ0n) is 15.1. The van der Waals surface area contributed by atoms with Gasteiger partial charge < -0.3 is 19.7 Å². The van der Waals surface area contributed by atoms with Crippen molar-refractivity contribution in [1.29, 1.82) is 5.26 Å². The predicted octanol–water partition coefficient (Wildman–Crippen LogP) is 2.57. The molecular formula is C20H19N3O4. The van der Waals surface area contributed by atoms with E-state index in [4.69, 9.17) is 14.7 Å². The molecule has 0 aliphatic carbocycles. The van der Waals surface area contributed by atoms with Crippen molar-refractivity contribution in [3.05, 3.63) is 48.0 Å². The van der Waals surface area contributed by atoms with Crippen molar-refractivity contribution in [2.45, 2.75) is 6.42 Å². The van der Waals surface area contributed by atoms with E-state index in [1.54, 1.807) is 54.5 Å². The number of carbonyl (C=O) groups is 2. The Balaban J connectivity index is 1.75. The third-order valence-corrected chi connectivity index (χ3v) is 4.43. The number of nitriles is 1. The first-order valence-corrected chi connectivity index (χ1v) is 8.39. The maximum absolute atomic E-state index is 12.6. The summed E-state index contributed by atoms with van der Waals surface area (Å²) in [5.74, 6) is 0.229. The monoisotopic (exact) mass is 365 g/mol. The van der Waals surface area contributed by atoms with Gasteiger partial charge in [0.2, 0.25) is 11.8 Å². The van der Waals surface area contributed by atoms with E-state index in [-0.39, 0.29) is 24.8 Å². The van der Waals surface area contributed by atoms with E-state index in [2.05, 4.69) is 5.32 Å². The number of ether oxygens (including phenoxy) is 2. The van der Waals surface area contributed by atoms with Crippen LogP contribution in [0.25, 0.3) is 0 Å². The van der Waals surface area contributed by atoms with Crippen molar-refractivity contribution >= 4 is 23.2 Å². The Morgan fingerprint density at radius 2 is 2.04 bits per heavy atom. The lowest BCUT2D eigenvalue weighted by atomic mass is 10.1. The molecular weight excluding hydrogens is 346 g/mol. The van der Waals surface area contributed by atoms with Crippen molar-refractivity contribution in [2.75, 3.05) is 31.0 Å². The van der Waals surface area contributed by atoms with Gasteiger partial charge in [-0.2, -0.15) is 5.26 Å². The second-order valence-corrected chi connectivity index (χ2v) is 6.13. The maximum atomic E-state index is 12.6. The molecule has 0 spiro atoms. The van der Waals surface area contributed by atoms with Crippen LogP contribution in [0.3, 0.4) is 0 Å². The molecule has 1 atom stereocenters. The Hall–Kier alpha value is -3.53. The molecule has 1 aliphatic heterocycles. The molecule has 1 heterocycles. The van der Waals surface area contributed by atoms with Gasteiger partial charge in [0.15, 0.2) is 0 Å². The maximum Gasteiger partial charge on any atom is 0.229 e. The Morgan fingerprint density at radius 3 is 2.74 bits per heavy atom. The minimum atomic E-state index is -0.491. The number of nitrogens with zero attached hydrogens (tertiary/aromatic N) is 2. The summed E-state index contributed by atoms with van der Waals surface area (Å²) >= 11 is 0. The highest BCUT2D eigenvalue weighted by Gasteiger charge is 2.36. The normalized spacial score (nSPS) is 16.0. The second kappa shape index (κ2) is 7.79. The fraction of sp³-hybridized carbons (Fsp3) is 0.250. The predicted molar refractivity (Wildman–Crippen MR) is 99.8 cm³/mol. The van der Waals surface area contributed by atoms with E-state index in [1.165, 1.54) is 7.11 Å². The first-order chi connectivity index (χ1) is 13.0. The van der Waals surface area contributed by atoms with Gasteiger partial charge in [-0.3, -0.25) is 9.59 Å². The Morgan fingerprint density at radius 1 is 1.22 bits per heavy atom. The number of nitrogens with one attached hydrogen (secondary N) is 1. The summed E-state index contributed by atoms with van der Waals surface area (Å²) in [7, 11) is 3.07. The van der Waals surface area contributed by atoms with E-state index in [1.807, 2.05) is 6.07 Å². The number of methoxy groups -OCH3 is 2. The molecule has 0 saturated carbocycles. The van der Waals surface area contributed by atoms with Gasteiger partial charge in [-0.25, -0.2) is 0 Å². The highest BCUT2D eigenvalue weighted by Crippen LogP contribution is 2.36. The third-order valence-electron chi connectivity index (χ3n) is 4.43. The van der Waals surface area contributed by atoms with Crippen LogP contribution in [0, 0.1) is 17.2 Å². The number of hydrogen-bond donors (Lipinski definition) is 1. The summed E-state index contributed by atoms with van der Waals surface area (Å²) in [5, 5.41) is 11.7. The summed E-state index contributed by atoms with van der Waals surface area (Å²) < 4.78 is 10.5. The number of anilines is 2. The molecule has 3 rings (SSSR count). The van der Waals surface area contributed by atoms with E-state index < -0.39 is 5.92 Å². The molecule has 2 aromatic carbocycles. The van der Waals surface area contributed by atoms with E-state index in [9.17, 15) is 9.59 Å². The largest absolute Gasteiger partial charge is 0.497 e. The number of benzene rings is 2. The molecule has 0 bridgehead atoms. The van der Waals surface area contributed by atoms with Gasteiger partial charge in [0.05, 0.1) is 37.5 Å². The van der Waals surface area contributed by atoms with Crippen molar-refractivity contribution in [3.63, 3.8) is 0 Å². The van der Waals surface area contributed by atoms with Crippen LogP contribution in [0.1, 0.15) is 12.0 Å². The van der Waals surface area contributed by atoms with Crippen LogP contribution in [0.5, 0.6) is 11.5 Å². The van der Waals surface area contributed by atoms with Gasteiger partial charge in [-0.05, 0) is 30.3 Å². The fourth-order valence-corrected chi connectivity index (χ4v) is 3.03. The van der Waals surface area contributed by atoms with Gasteiger partial charge in [0.1, 0.15) is 11.5 Å². The zero-order chi connectivity index (χ0) is 19.4. The molecule has 1 fully saturated rings. The molecule has 1 N–H and O–H groups in total. The SMILES string of the molecule is COc1ccc(N2C[C@H](C(=O)Nc3cccc(C#N)c3)CC2=O)c(OC)c1. The number of hydrogen-bond acceptors (Lipinski definition) is 5. The minimum absolute atomic E-state index is 0.110. The lowest BCUT2D eigenvalue weighted by Crippen LogP contribution is -2.28. The lowest BCUT2D eigenvalue weighted by Gasteiger charge is -2.20. The van der Waals surface area contributed by atoms with Gasteiger partial charge in [0.25, 0.3) is 0 Å². The Bertz CT molecular complexity index is 920. The molecule has 2 amide bonds. The molecule has 138 valence electrons. The molecule has 0 radical (unpaired) electrons. The zero-order valence-corrected chi connectivity index (χ0v) is 15.1. The molecule has 27 heavy (non-hydrogen) atoms. The molecule has 2 aromatic rings. The average Bonchev–Trinajstić information content (AvgIpc) is 3.09. The Labute approximate surface area is 157 Å². The minimum Gasteiger partial charge on any atom is -0.497 e. The molecule has 7 heteroatoms. The van der Waals surface area contributed by atoms with Crippen LogP contribution in [0.4, 0.5) is 11.4 Å². The second-order valence-electron chi connectivity index (χ2n) is 6.13. The molecule has 7 nitrogen and oxygen atoms in total. The van der Waals surface area contributed by atoms with Crippen molar-refractivity contribution in [3.8, 4) is 17.6 Å². The van der Waals surface area contributed by atoms with E-state index in [0.717, 1.165) is 0 Å².